The summed E-state index contributed by atoms with van der Waals surface area (Å²) < 4.78 is 5.45. The van der Waals surface area contributed by atoms with Crippen LogP contribution in [-0.4, -0.2) is 55.6 Å². The summed E-state index contributed by atoms with van der Waals surface area (Å²) in [7, 11) is 2.12. The molecule has 116 valence electrons. The highest BCUT2D eigenvalue weighted by Gasteiger charge is 2.28. The Bertz CT molecular complexity index is 436. The highest BCUT2D eigenvalue weighted by atomic mass is 16.5. The number of benzene rings is 1. The maximum absolute atomic E-state index is 12.2. The van der Waals surface area contributed by atoms with Crippen molar-refractivity contribution >= 4 is 5.91 Å². The lowest BCUT2D eigenvalue weighted by Crippen LogP contribution is -2.50. The fourth-order valence-electron chi connectivity index (χ4n) is 2.63. The second-order valence-corrected chi connectivity index (χ2v) is 5.65. The molecule has 1 aromatic carbocycles. The number of carbonyl (C=O) groups is 1. The van der Waals surface area contributed by atoms with Crippen LogP contribution >= 0.6 is 0 Å². The summed E-state index contributed by atoms with van der Waals surface area (Å²) >= 11 is 0. The Morgan fingerprint density at radius 3 is 2.76 bits per heavy atom. The first kappa shape index (κ1) is 16.0. The largest absolute Gasteiger partial charge is 0.372 e. The highest BCUT2D eigenvalue weighted by Crippen LogP contribution is 2.23. The minimum atomic E-state index is 0.111. The Morgan fingerprint density at radius 2 is 2.05 bits per heavy atom. The van der Waals surface area contributed by atoms with Gasteiger partial charge in [0, 0.05) is 26.2 Å². The monoisotopic (exact) mass is 290 g/mol. The van der Waals surface area contributed by atoms with Crippen LogP contribution < -0.4 is 0 Å². The van der Waals surface area contributed by atoms with Crippen molar-refractivity contribution in [2.24, 2.45) is 0 Å². The van der Waals surface area contributed by atoms with E-state index in [1.807, 2.05) is 11.0 Å². The summed E-state index contributed by atoms with van der Waals surface area (Å²) in [4.78, 5) is 16.5. The molecule has 0 aliphatic carbocycles. The molecule has 1 aliphatic heterocycles. The first-order valence-electron chi connectivity index (χ1n) is 7.83. The molecule has 1 atom stereocenters. The van der Waals surface area contributed by atoms with E-state index in [1.54, 1.807) is 0 Å². The maximum atomic E-state index is 12.2. The van der Waals surface area contributed by atoms with Crippen molar-refractivity contribution in [2.75, 3.05) is 39.9 Å². The van der Waals surface area contributed by atoms with Gasteiger partial charge in [-0.3, -0.25) is 9.69 Å². The van der Waals surface area contributed by atoms with Crippen molar-refractivity contribution in [3.8, 4) is 0 Å². The lowest BCUT2D eigenvalue weighted by molar-refractivity contribution is -0.139. The van der Waals surface area contributed by atoms with Gasteiger partial charge in [0.05, 0.1) is 6.04 Å². The van der Waals surface area contributed by atoms with Gasteiger partial charge in [0.2, 0.25) is 5.91 Å². The normalized spacial score (nSPS) is 19.7. The zero-order valence-electron chi connectivity index (χ0n) is 13.1. The number of nitrogens with zero attached hydrogens (tertiary/aromatic N) is 2. The Kier molecular flexibility index (Phi) is 6.21. The van der Waals surface area contributed by atoms with E-state index in [9.17, 15) is 4.79 Å². The van der Waals surface area contributed by atoms with Gasteiger partial charge in [-0.2, -0.15) is 0 Å². The van der Waals surface area contributed by atoms with Gasteiger partial charge >= 0.3 is 0 Å². The van der Waals surface area contributed by atoms with Crippen molar-refractivity contribution in [3.63, 3.8) is 0 Å². The summed E-state index contributed by atoms with van der Waals surface area (Å²) in [5.74, 6) is 0.111. The molecule has 0 spiro atoms. The van der Waals surface area contributed by atoms with E-state index < -0.39 is 0 Å². The number of carbonyl (C=O) groups excluding carboxylic acids is 1. The van der Waals surface area contributed by atoms with Gasteiger partial charge in [0.25, 0.3) is 0 Å². The molecule has 1 aliphatic rings. The third kappa shape index (κ3) is 4.55. The van der Waals surface area contributed by atoms with Gasteiger partial charge in [0.1, 0.15) is 6.61 Å². The van der Waals surface area contributed by atoms with Gasteiger partial charge < -0.3 is 9.64 Å². The van der Waals surface area contributed by atoms with Gasteiger partial charge in [-0.25, -0.2) is 0 Å². The quantitative estimate of drug-likeness (QED) is 0.754. The second-order valence-electron chi connectivity index (χ2n) is 5.65. The van der Waals surface area contributed by atoms with Crippen LogP contribution in [0.3, 0.4) is 0 Å². The van der Waals surface area contributed by atoms with E-state index in [4.69, 9.17) is 4.74 Å². The number of rotatable bonds is 6. The smallest absolute Gasteiger partial charge is 0.248 e. The van der Waals surface area contributed by atoms with Crippen LogP contribution in [0, 0.1) is 0 Å². The minimum absolute atomic E-state index is 0.111. The van der Waals surface area contributed by atoms with E-state index in [-0.39, 0.29) is 18.6 Å². The summed E-state index contributed by atoms with van der Waals surface area (Å²) in [5.41, 5.74) is 1.27. The number of hydrogen-bond donors (Lipinski definition) is 0. The van der Waals surface area contributed by atoms with Crippen molar-refractivity contribution in [3.05, 3.63) is 35.9 Å². The molecule has 2 rings (SSSR count). The van der Waals surface area contributed by atoms with Crippen molar-refractivity contribution in [1.82, 2.24) is 9.80 Å². The second kappa shape index (κ2) is 8.15. The molecule has 21 heavy (non-hydrogen) atoms. The number of ether oxygens (including phenoxy) is 1. The third-order valence-electron chi connectivity index (χ3n) is 4.05. The molecule has 1 amide bonds. The molecule has 1 saturated heterocycles. The molecular weight excluding hydrogens is 264 g/mol. The van der Waals surface area contributed by atoms with Gasteiger partial charge in [0.15, 0.2) is 0 Å². The fourth-order valence-corrected chi connectivity index (χ4v) is 2.63. The molecule has 4 nitrogen and oxygen atoms in total. The van der Waals surface area contributed by atoms with E-state index in [0.29, 0.717) is 6.61 Å². The molecule has 0 radical (unpaired) electrons. The maximum Gasteiger partial charge on any atom is 0.248 e. The Balaban J connectivity index is 1.89. The summed E-state index contributed by atoms with van der Waals surface area (Å²) in [6.45, 7) is 5.45. The lowest BCUT2D eigenvalue weighted by Gasteiger charge is -2.39. The molecule has 4 heteroatoms. The zero-order chi connectivity index (χ0) is 15.1. The van der Waals surface area contributed by atoms with E-state index >= 15 is 0 Å². The summed E-state index contributed by atoms with van der Waals surface area (Å²) in [6.07, 6.45) is 2.11. The molecule has 0 aromatic heterocycles. The topological polar surface area (TPSA) is 32.8 Å². The number of hydrogen-bond acceptors (Lipinski definition) is 3. The first-order chi connectivity index (χ1) is 10.2. The van der Waals surface area contributed by atoms with E-state index in [1.165, 1.54) is 5.56 Å². The van der Waals surface area contributed by atoms with Crippen molar-refractivity contribution < 1.29 is 9.53 Å². The number of unbranched alkanes of at least 4 members (excludes halogenated alkanes) is 1. The van der Waals surface area contributed by atoms with Crippen molar-refractivity contribution in [1.29, 1.82) is 0 Å². The Morgan fingerprint density at radius 1 is 1.29 bits per heavy atom. The molecule has 1 heterocycles. The van der Waals surface area contributed by atoms with Gasteiger partial charge in [-0.15, -0.1) is 0 Å². The molecular formula is C17H26N2O2. The van der Waals surface area contributed by atoms with Crippen molar-refractivity contribution in [2.45, 2.75) is 25.8 Å². The molecule has 0 bridgehead atoms. The Labute approximate surface area is 127 Å². The van der Waals surface area contributed by atoms with Crippen LogP contribution in [0.1, 0.15) is 31.4 Å². The van der Waals surface area contributed by atoms with Crippen LogP contribution in [0.2, 0.25) is 0 Å². The zero-order valence-corrected chi connectivity index (χ0v) is 13.1. The van der Waals surface area contributed by atoms with Crippen LogP contribution in [0.15, 0.2) is 30.3 Å². The van der Waals surface area contributed by atoms with E-state index in [0.717, 1.165) is 32.5 Å². The number of likely N-dealkylation sites (N-methyl/N-ethyl adjacent to an activating group) is 1. The standard InChI is InChI=1S/C17H26N2O2/c1-3-4-12-21-14-17(20)19-11-10-18(2)16(13-19)15-8-6-5-7-9-15/h5-9,16H,3-4,10-14H2,1-2H3/t16-/m0/s1. The van der Waals surface area contributed by atoms with Crippen LogP contribution in [-0.2, 0) is 9.53 Å². The first-order valence-corrected chi connectivity index (χ1v) is 7.83. The molecule has 1 aromatic rings. The summed E-state index contributed by atoms with van der Waals surface area (Å²) in [5, 5.41) is 0. The molecule has 0 unspecified atom stereocenters. The van der Waals surface area contributed by atoms with Gasteiger partial charge in [-0.1, -0.05) is 43.7 Å². The SMILES string of the molecule is CCCCOCC(=O)N1CCN(C)[C@H](c2ccccc2)C1. The van der Waals surface area contributed by atoms with Gasteiger partial charge in [-0.05, 0) is 19.0 Å². The van der Waals surface area contributed by atoms with E-state index in [2.05, 4.69) is 43.1 Å². The predicted molar refractivity (Wildman–Crippen MR) is 84.1 cm³/mol. The number of piperazine rings is 1. The van der Waals surface area contributed by atoms with Crippen LogP contribution in [0.25, 0.3) is 0 Å². The predicted octanol–water partition coefficient (Wildman–Crippen LogP) is 2.32. The Hall–Kier alpha value is -1.39. The average molecular weight is 290 g/mol. The third-order valence-corrected chi connectivity index (χ3v) is 4.05. The number of amides is 1. The minimum Gasteiger partial charge on any atom is -0.372 e. The van der Waals surface area contributed by atoms with Crippen LogP contribution in [0.4, 0.5) is 0 Å². The molecule has 0 N–H and O–H groups in total. The lowest BCUT2D eigenvalue weighted by atomic mass is 10.0. The van der Waals surface area contributed by atoms with Crippen LogP contribution in [0.5, 0.6) is 0 Å². The summed E-state index contributed by atoms with van der Waals surface area (Å²) in [6, 6.07) is 10.7. The average Bonchev–Trinajstić information content (AvgIpc) is 2.52. The highest BCUT2D eigenvalue weighted by molar-refractivity contribution is 5.77. The molecule has 1 fully saturated rings. The molecule has 0 saturated carbocycles. The fraction of sp³-hybridized carbons (Fsp3) is 0.588.